The lowest BCUT2D eigenvalue weighted by molar-refractivity contribution is -0.128. The second-order valence-corrected chi connectivity index (χ2v) is 11.0. The number of fused-ring (bicyclic) bond motifs is 1. The zero-order valence-electron chi connectivity index (χ0n) is 22.0. The van der Waals surface area contributed by atoms with Crippen LogP contribution in [0.3, 0.4) is 0 Å². The molecular formula is C29H37ClN6O2. The summed E-state index contributed by atoms with van der Waals surface area (Å²) in [6, 6.07) is 3.67. The van der Waals surface area contributed by atoms with Crippen LogP contribution in [0.4, 0.5) is 5.82 Å². The minimum Gasteiger partial charge on any atom is -0.349 e. The molecule has 1 aliphatic carbocycles. The van der Waals surface area contributed by atoms with Crippen molar-refractivity contribution in [1.29, 1.82) is 0 Å². The smallest absolute Gasteiger partial charge is 0.349 e. The van der Waals surface area contributed by atoms with Crippen molar-refractivity contribution in [2.45, 2.75) is 78.8 Å². The second-order valence-electron chi connectivity index (χ2n) is 10.6. The molecule has 0 unspecified atom stereocenters. The van der Waals surface area contributed by atoms with Gasteiger partial charge in [-0.25, -0.2) is 14.3 Å². The number of piperazine rings is 1. The second kappa shape index (κ2) is 10.5. The Morgan fingerprint density at radius 3 is 2.53 bits per heavy atom. The first-order valence-electron chi connectivity index (χ1n) is 12.9. The van der Waals surface area contributed by atoms with E-state index in [2.05, 4.69) is 35.3 Å². The molecule has 0 N–H and O–H groups in total. The number of rotatable bonds is 5. The first kappa shape index (κ1) is 27.8. The van der Waals surface area contributed by atoms with E-state index in [1.54, 1.807) is 10.8 Å². The molecule has 202 valence electrons. The van der Waals surface area contributed by atoms with E-state index in [9.17, 15) is 9.59 Å². The highest BCUT2D eigenvalue weighted by atomic mass is 35.5. The van der Waals surface area contributed by atoms with Crippen LogP contribution in [0.5, 0.6) is 0 Å². The normalized spacial score (nSPS) is 19.6. The summed E-state index contributed by atoms with van der Waals surface area (Å²) in [7, 11) is 0. The van der Waals surface area contributed by atoms with Crippen LogP contribution >= 0.6 is 11.6 Å². The highest BCUT2D eigenvalue weighted by molar-refractivity contribution is 6.32. The number of aryl methyl sites for hydroxylation is 1. The molecule has 4 heterocycles. The standard InChI is InChI=1S/C28H33ClN6O2.CH4/c1-7-22(36)33-13-18(6)34(14-17(33)5)26-20-12-21(29)24(19-8-9-19)31-27(20)35(28(37)32-26)25-16(4)10-11-30-23(25)15(2)3;/h7,10-12,15,17-19H,1,8-9,13-14H2,2-6H3;1H4/t17-,18+;/m1./s1. The molecule has 2 atom stereocenters. The molecule has 9 heteroatoms. The molecule has 38 heavy (non-hydrogen) atoms. The van der Waals surface area contributed by atoms with Crippen molar-refractivity contribution in [3.05, 3.63) is 63.4 Å². The topological polar surface area (TPSA) is 84.2 Å². The lowest BCUT2D eigenvalue weighted by atomic mass is 10.0. The molecule has 1 aliphatic heterocycles. The van der Waals surface area contributed by atoms with Gasteiger partial charge < -0.3 is 9.80 Å². The van der Waals surface area contributed by atoms with Gasteiger partial charge in [-0.05, 0) is 63.3 Å². The number of anilines is 1. The Labute approximate surface area is 229 Å². The van der Waals surface area contributed by atoms with Gasteiger partial charge in [-0.2, -0.15) is 4.98 Å². The molecule has 5 rings (SSSR count). The van der Waals surface area contributed by atoms with Gasteiger partial charge in [0.15, 0.2) is 5.65 Å². The van der Waals surface area contributed by atoms with Crippen LogP contribution < -0.4 is 10.6 Å². The first-order valence-corrected chi connectivity index (χ1v) is 13.3. The zero-order valence-corrected chi connectivity index (χ0v) is 22.8. The number of carbonyl (C=O) groups is 1. The van der Waals surface area contributed by atoms with Gasteiger partial charge in [-0.3, -0.25) is 9.78 Å². The molecule has 0 bridgehead atoms. The van der Waals surface area contributed by atoms with E-state index in [0.717, 1.165) is 40.9 Å². The Kier molecular flexibility index (Phi) is 7.66. The number of hydrogen-bond acceptors (Lipinski definition) is 6. The fourth-order valence-electron chi connectivity index (χ4n) is 5.31. The van der Waals surface area contributed by atoms with Crippen LogP contribution in [0.15, 0.2) is 35.8 Å². The van der Waals surface area contributed by atoms with Crippen LogP contribution in [0, 0.1) is 6.92 Å². The Bertz CT molecular complexity index is 1460. The number of hydrogen-bond donors (Lipinski definition) is 0. The number of nitrogens with zero attached hydrogens (tertiary/aromatic N) is 6. The summed E-state index contributed by atoms with van der Waals surface area (Å²) in [6.45, 7) is 14.8. The Morgan fingerprint density at radius 1 is 1.18 bits per heavy atom. The monoisotopic (exact) mass is 536 g/mol. The number of carbonyl (C=O) groups excluding carboxylic acids is 1. The number of amides is 1. The van der Waals surface area contributed by atoms with E-state index in [1.807, 2.05) is 37.8 Å². The molecule has 1 saturated carbocycles. The third-order valence-electron chi connectivity index (χ3n) is 7.43. The molecule has 0 spiro atoms. The maximum atomic E-state index is 13.9. The van der Waals surface area contributed by atoms with Gasteiger partial charge in [0.05, 0.1) is 27.5 Å². The minimum absolute atomic E-state index is 0. The minimum atomic E-state index is -0.401. The maximum absolute atomic E-state index is 13.9. The average molecular weight is 537 g/mol. The summed E-state index contributed by atoms with van der Waals surface area (Å²) in [5, 5.41) is 1.31. The summed E-state index contributed by atoms with van der Waals surface area (Å²) in [5.41, 5.74) is 3.45. The van der Waals surface area contributed by atoms with Gasteiger partial charge in [0.25, 0.3) is 0 Å². The van der Waals surface area contributed by atoms with Crippen molar-refractivity contribution in [2.24, 2.45) is 0 Å². The quantitative estimate of drug-likeness (QED) is 0.407. The predicted octanol–water partition coefficient (Wildman–Crippen LogP) is 5.39. The Hall–Kier alpha value is -3.26. The average Bonchev–Trinajstić information content (AvgIpc) is 3.70. The van der Waals surface area contributed by atoms with E-state index in [0.29, 0.717) is 35.5 Å². The van der Waals surface area contributed by atoms with E-state index in [4.69, 9.17) is 16.6 Å². The summed E-state index contributed by atoms with van der Waals surface area (Å²) in [4.78, 5) is 44.4. The molecule has 0 aromatic carbocycles. The lowest BCUT2D eigenvalue weighted by Gasteiger charge is -2.44. The van der Waals surface area contributed by atoms with Crippen LogP contribution in [0.2, 0.25) is 5.02 Å². The van der Waals surface area contributed by atoms with Gasteiger partial charge in [-0.15, -0.1) is 0 Å². The van der Waals surface area contributed by atoms with Gasteiger partial charge in [0.2, 0.25) is 5.91 Å². The molecule has 1 saturated heterocycles. The predicted molar refractivity (Wildman–Crippen MR) is 154 cm³/mol. The third-order valence-corrected chi connectivity index (χ3v) is 7.74. The van der Waals surface area contributed by atoms with Gasteiger partial charge in [-0.1, -0.05) is 39.5 Å². The highest BCUT2D eigenvalue weighted by Crippen LogP contribution is 2.44. The third kappa shape index (κ3) is 4.70. The summed E-state index contributed by atoms with van der Waals surface area (Å²) < 4.78 is 1.62. The first-order chi connectivity index (χ1) is 17.6. The van der Waals surface area contributed by atoms with Crippen LogP contribution in [0.1, 0.15) is 76.8 Å². The van der Waals surface area contributed by atoms with Gasteiger partial charge in [0.1, 0.15) is 5.82 Å². The molecule has 0 radical (unpaired) electrons. The summed E-state index contributed by atoms with van der Waals surface area (Å²) in [5.74, 6) is 0.858. The summed E-state index contributed by atoms with van der Waals surface area (Å²) in [6.07, 6.45) is 5.20. The van der Waals surface area contributed by atoms with Crippen molar-refractivity contribution in [1.82, 2.24) is 24.4 Å². The number of pyridine rings is 2. The molecule has 3 aromatic heterocycles. The SMILES string of the molecule is C.C=CC(=O)N1C[C@H](C)N(c2nc(=O)n(-c3c(C)ccnc3C(C)C)c3nc(C4CC4)c(Cl)cc23)C[C@H]1C. The number of halogens is 1. The van der Waals surface area contributed by atoms with Crippen molar-refractivity contribution in [2.75, 3.05) is 18.0 Å². The highest BCUT2D eigenvalue weighted by Gasteiger charge is 2.35. The van der Waals surface area contributed by atoms with Crippen molar-refractivity contribution >= 4 is 34.4 Å². The summed E-state index contributed by atoms with van der Waals surface area (Å²) >= 11 is 6.78. The van der Waals surface area contributed by atoms with E-state index < -0.39 is 5.69 Å². The molecule has 2 aliphatic rings. The molecular weight excluding hydrogens is 500 g/mol. The van der Waals surface area contributed by atoms with Crippen molar-refractivity contribution < 1.29 is 4.79 Å². The van der Waals surface area contributed by atoms with Crippen molar-refractivity contribution in [3.63, 3.8) is 0 Å². The largest absolute Gasteiger partial charge is 0.355 e. The molecule has 8 nitrogen and oxygen atoms in total. The molecule has 3 aromatic rings. The van der Waals surface area contributed by atoms with Crippen molar-refractivity contribution in [3.8, 4) is 5.69 Å². The van der Waals surface area contributed by atoms with Crippen LogP contribution in [0.25, 0.3) is 16.7 Å². The van der Waals surface area contributed by atoms with Crippen LogP contribution in [-0.4, -0.2) is 55.5 Å². The van der Waals surface area contributed by atoms with E-state index >= 15 is 0 Å². The van der Waals surface area contributed by atoms with E-state index in [1.165, 1.54) is 6.08 Å². The molecule has 2 fully saturated rings. The van der Waals surface area contributed by atoms with Crippen LogP contribution in [-0.2, 0) is 4.79 Å². The van der Waals surface area contributed by atoms with E-state index in [-0.39, 0.29) is 31.3 Å². The van der Waals surface area contributed by atoms with Gasteiger partial charge in [0, 0.05) is 37.3 Å². The Balaban J connectivity index is 0.00000336. The number of aromatic nitrogens is 4. The maximum Gasteiger partial charge on any atom is 0.355 e. The fourth-order valence-corrected chi connectivity index (χ4v) is 5.62. The Morgan fingerprint density at radius 2 is 1.89 bits per heavy atom. The fraction of sp³-hybridized carbons (Fsp3) is 0.483. The lowest BCUT2D eigenvalue weighted by Crippen LogP contribution is -2.58. The zero-order chi connectivity index (χ0) is 26.6. The van der Waals surface area contributed by atoms with Gasteiger partial charge >= 0.3 is 5.69 Å². The molecule has 1 amide bonds.